The van der Waals surface area contributed by atoms with Gasteiger partial charge in [0.25, 0.3) is 0 Å². The van der Waals surface area contributed by atoms with Crippen LogP contribution in [0.5, 0.6) is 0 Å². The molecule has 2 heterocycles. The van der Waals surface area contributed by atoms with Crippen LogP contribution in [0, 0.1) is 5.92 Å². The van der Waals surface area contributed by atoms with Gasteiger partial charge in [-0.15, -0.1) is 0 Å². The minimum absolute atomic E-state index is 0.124. The van der Waals surface area contributed by atoms with Crippen molar-refractivity contribution in [2.45, 2.75) is 44.4 Å². The SMILES string of the molecule is C[C@@H]1c2oncc2C[C@]2(C)c3c(c(Br)nn3C)CC[C@@H]12. The third kappa shape index (κ3) is 1.42. The Morgan fingerprint density at radius 3 is 3.10 bits per heavy atom. The first-order chi connectivity index (χ1) is 9.52. The summed E-state index contributed by atoms with van der Waals surface area (Å²) in [5, 5.41) is 8.61. The molecule has 0 radical (unpaired) electrons. The molecule has 2 aromatic heterocycles. The van der Waals surface area contributed by atoms with Crippen molar-refractivity contribution in [1.82, 2.24) is 14.9 Å². The van der Waals surface area contributed by atoms with Crippen LogP contribution in [-0.4, -0.2) is 14.9 Å². The lowest BCUT2D eigenvalue weighted by Gasteiger charge is -2.47. The number of aromatic nitrogens is 3. The van der Waals surface area contributed by atoms with E-state index in [0.717, 1.165) is 23.2 Å². The van der Waals surface area contributed by atoms with E-state index in [0.29, 0.717) is 11.8 Å². The largest absolute Gasteiger partial charge is 0.361 e. The van der Waals surface area contributed by atoms with Gasteiger partial charge in [0, 0.05) is 35.2 Å². The lowest BCUT2D eigenvalue weighted by atomic mass is 9.57. The monoisotopic (exact) mass is 335 g/mol. The van der Waals surface area contributed by atoms with Crippen LogP contribution in [0.25, 0.3) is 0 Å². The van der Waals surface area contributed by atoms with Gasteiger partial charge in [-0.2, -0.15) is 5.10 Å². The molecule has 20 heavy (non-hydrogen) atoms. The van der Waals surface area contributed by atoms with Gasteiger partial charge in [-0.25, -0.2) is 0 Å². The zero-order chi connectivity index (χ0) is 14.1. The number of aryl methyl sites for hydroxylation is 1. The van der Waals surface area contributed by atoms with E-state index in [1.807, 2.05) is 6.20 Å². The molecule has 0 unspecified atom stereocenters. The second kappa shape index (κ2) is 3.97. The minimum Gasteiger partial charge on any atom is -0.361 e. The molecule has 4 rings (SSSR count). The number of fused-ring (bicyclic) bond motifs is 4. The van der Waals surface area contributed by atoms with Gasteiger partial charge in [0.05, 0.1) is 6.20 Å². The second-order valence-corrected chi connectivity index (χ2v) is 7.24. The highest BCUT2D eigenvalue weighted by atomic mass is 79.9. The van der Waals surface area contributed by atoms with Gasteiger partial charge in [0.2, 0.25) is 0 Å². The van der Waals surface area contributed by atoms with Crippen LogP contribution in [-0.2, 0) is 25.3 Å². The van der Waals surface area contributed by atoms with Crippen LogP contribution in [0.2, 0.25) is 0 Å². The highest BCUT2D eigenvalue weighted by Crippen LogP contribution is 2.54. The molecule has 0 N–H and O–H groups in total. The molecule has 2 aromatic rings. The van der Waals surface area contributed by atoms with Crippen molar-refractivity contribution >= 4 is 15.9 Å². The van der Waals surface area contributed by atoms with Crippen molar-refractivity contribution in [3.63, 3.8) is 0 Å². The molecule has 106 valence electrons. The number of hydrogen-bond donors (Lipinski definition) is 0. The van der Waals surface area contributed by atoms with E-state index in [-0.39, 0.29) is 5.41 Å². The highest BCUT2D eigenvalue weighted by molar-refractivity contribution is 9.10. The molecule has 2 aliphatic rings. The second-order valence-electron chi connectivity index (χ2n) is 6.48. The summed E-state index contributed by atoms with van der Waals surface area (Å²) < 4.78 is 8.58. The Kier molecular flexibility index (Phi) is 2.50. The van der Waals surface area contributed by atoms with Crippen molar-refractivity contribution in [2.75, 3.05) is 0 Å². The van der Waals surface area contributed by atoms with Gasteiger partial charge < -0.3 is 4.52 Å². The summed E-state index contributed by atoms with van der Waals surface area (Å²) in [5.41, 5.74) is 4.17. The summed E-state index contributed by atoms with van der Waals surface area (Å²) >= 11 is 3.62. The average Bonchev–Trinajstić information content (AvgIpc) is 2.95. The van der Waals surface area contributed by atoms with Crippen LogP contribution in [0.1, 0.15) is 48.8 Å². The van der Waals surface area contributed by atoms with Gasteiger partial charge in [0.15, 0.2) is 0 Å². The fraction of sp³-hybridized carbons (Fsp3) is 0.600. The van der Waals surface area contributed by atoms with Crippen LogP contribution < -0.4 is 0 Å². The zero-order valence-corrected chi connectivity index (χ0v) is 13.6. The van der Waals surface area contributed by atoms with E-state index in [1.54, 1.807) is 0 Å². The van der Waals surface area contributed by atoms with Gasteiger partial charge in [-0.1, -0.05) is 19.0 Å². The fourth-order valence-electron chi connectivity index (χ4n) is 4.64. The van der Waals surface area contributed by atoms with Gasteiger partial charge in [-0.3, -0.25) is 4.68 Å². The molecule has 2 aliphatic carbocycles. The highest BCUT2D eigenvalue weighted by Gasteiger charge is 2.50. The number of hydrogen-bond acceptors (Lipinski definition) is 3. The lowest BCUT2D eigenvalue weighted by Crippen LogP contribution is -2.45. The summed E-state index contributed by atoms with van der Waals surface area (Å²) in [7, 11) is 2.06. The smallest absolute Gasteiger partial charge is 0.143 e. The Balaban J connectivity index is 1.94. The maximum absolute atomic E-state index is 5.50. The molecule has 3 atom stereocenters. The summed E-state index contributed by atoms with van der Waals surface area (Å²) in [6.07, 6.45) is 5.18. The summed E-state index contributed by atoms with van der Waals surface area (Å²) in [5.74, 6) is 2.11. The number of halogens is 1. The first-order valence-electron chi connectivity index (χ1n) is 7.17. The van der Waals surface area contributed by atoms with Crippen LogP contribution in [0.4, 0.5) is 0 Å². The number of rotatable bonds is 0. The standard InChI is InChI=1S/C15H18BrN3O/c1-8-11-5-4-10-13(19(3)18-14(10)16)15(11,2)6-9-7-17-20-12(8)9/h7-8,11H,4-6H2,1-3H3/t8-,11-,15-/m0/s1. The van der Waals surface area contributed by atoms with Gasteiger partial charge in [-0.05, 0) is 41.1 Å². The predicted molar refractivity (Wildman–Crippen MR) is 78.7 cm³/mol. The summed E-state index contributed by atoms with van der Waals surface area (Å²) in [6.45, 7) is 4.67. The Morgan fingerprint density at radius 1 is 1.50 bits per heavy atom. The maximum atomic E-state index is 5.50. The van der Waals surface area contributed by atoms with Crippen LogP contribution >= 0.6 is 15.9 Å². The maximum Gasteiger partial charge on any atom is 0.143 e. The van der Waals surface area contributed by atoms with Crippen molar-refractivity contribution in [3.05, 3.63) is 33.4 Å². The molecule has 5 heteroatoms. The molecular weight excluding hydrogens is 318 g/mol. The van der Waals surface area contributed by atoms with Gasteiger partial charge >= 0.3 is 0 Å². The third-order valence-electron chi connectivity index (χ3n) is 5.41. The van der Waals surface area contributed by atoms with Crippen LogP contribution in [0.3, 0.4) is 0 Å². The quantitative estimate of drug-likeness (QED) is 0.741. The Labute approximate surface area is 126 Å². The molecular formula is C15H18BrN3O. The first kappa shape index (κ1) is 12.6. The summed E-state index contributed by atoms with van der Waals surface area (Å²) in [6, 6.07) is 0. The van der Waals surface area contributed by atoms with E-state index < -0.39 is 0 Å². The molecule has 0 spiro atoms. The topological polar surface area (TPSA) is 43.9 Å². The molecule has 0 fully saturated rings. The number of nitrogens with zero attached hydrogens (tertiary/aromatic N) is 3. The van der Waals surface area contributed by atoms with Crippen LogP contribution in [0.15, 0.2) is 15.3 Å². The predicted octanol–water partition coefficient (Wildman–Crippen LogP) is 3.35. The Bertz CT molecular complexity index is 689. The average molecular weight is 336 g/mol. The van der Waals surface area contributed by atoms with Gasteiger partial charge in [0.1, 0.15) is 10.4 Å². The normalized spacial score (nSPS) is 31.6. The third-order valence-corrected chi connectivity index (χ3v) is 6.05. The van der Waals surface area contributed by atoms with E-state index in [2.05, 4.69) is 51.8 Å². The van der Waals surface area contributed by atoms with Crippen molar-refractivity contribution in [3.8, 4) is 0 Å². The Hall–Kier alpha value is -1.10. The molecule has 0 bridgehead atoms. The lowest BCUT2D eigenvalue weighted by molar-refractivity contribution is 0.168. The van der Waals surface area contributed by atoms with E-state index in [9.17, 15) is 0 Å². The molecule has 0 saturated carbocycles. The van der Waals surface area contributed by atoms with Crippen molar-refractivity contribution in [1.29, 1.82) is 0 Å². The first-order valence-corrected chi connectivity index (χ1v) is 7.97. The molecule has 4 nitrogen and oxygen atoms in total. The fourth-order valence-corrected chi connectivity index (χ4v) is 5.26. The Morgan fingerprint density at radius 2 is 2.30 bits per heavy atom. The molecule has 0 aliphatic heterocycles. The van der Waals surface area contributed by atoms with Crippen molar-refractivity contribution < 1.29 is 4.52 Å². The molecule has 0 saturated heterocycles. The summed E-state index contributed by atoms with van der Waals surface area (Å²) in [4.78, 5) is 0. The molecule has 0 amide bonds. The minimum atomic E-state index is 0.124. The zero-order valence-electron chi connectivity index (χ0n) is 12.0. The van der Waals surface area contributed by atoms with E-state index >= 15 is 0 Å². The van der Waals surface area contributed by atoms with E-state index in [1.165, 1.54) is 23.2 Å². The van der Waals surface area contributed by atoms with Crippen molar-refractivity contribution in [2.24, 2.45) is 13.0 Å². The van der Waals surface area contributed by atoms with E-state index in [4.69, 9.17) is 4.52 Å². The molecule has 0 aromatic carbocycles.